The van der Waals surface area contributed by atoms with Gasteiger partial charge in [-0.05, 0) is 55.5 Å². The molecule has 28 heavy (non-hydrogen) atoms. The van der Waals surface area contributed by atoms with Gasteiger partial charge in [0, 0.05) is 17.8 Å². The SMILES string of the molecule is Cc1ccc(N2C(=O)[C@@H](C=Nc3ccc4ncccc4c3)C(=O)NC2=S)cc1. The van der Waals surface area contributed by atoms with Crippen LogP contribution in [-0.2, 0) is 9.59 Å². The predicted octanol–water partition coefficient (Wildman–Crippen LogP) is 3.31. The first-order chi connectivity index (χ1) is 13.5. The van der Waals surface area contributed by atoms with Crippen LogP contribution in [0.15, 0.2) is 65.8 Å². The average molecular weight is 388 g/mol. The number of benzene rings is 2. The summed E-state index contributed by atoms with van der Waals surface area (Å²) in [7, 11) is 0. The van der Waals surface area contributed by atoms with Crippen molar-refractivity contribution in [3.05, 3.63) is 66.4 Å². The Morgan fingerprint density at radius 3 is 2.71 bits per heavy atom. The maximum Gasteiger partial charge on any atom is 0.251 e. The molecule has 1 N–H and O–H groups in total. The van der Waals surface area contributed by atoms with Crippen LogP contribution in [0.5, 0.6) is 0 Å². The van der Waals surface area contributed by atoms with Gasteiger partial charge >= 0.3 is 0 Å². The van der Waals surface area contributed by atoms with Gasteiger partial charge in [-0.1, -0.05) is 23.8 Å². The highest BCUT2D eigenvalue weighted by Gasteiger charge is 2.38. The number of nitrogens with zero attached hydrogens (tertiary/aromatic N) is 3. The molecular weight excluding hydrogens is 372 g/mol. The Kier molecular flexibility index (Phi) is 4.67. The Balaban J connectivity index is 1.62. The van der Waals surface area contributed by atoms with E-state index >= 15 is 0 Å². The van der Waals surface area contributed by atoms with Crippen LogP contribution in [0, 0.1) is 12.8 Å². The number of amides is 2. The fourth-order valence-corrected chi connectivity index (χ4v) is 3.26. The summed E-state index contributed by atoms with van der Waals surface area (Å²) in [5.74, 6) is -1.97. The third-order valence-electron chi connectivity index (χ3n) is 4.45. The lowest BCUT2D eigenvalue weighted by Gasteiger charge is -2.30. The van der Waals surface area contributed by atoms with Crippen molar-refractivity contribution in [2.75, 3.05) is 4.90 Å². The molecule has 6 nitrogen and oxygen atoms in total. The van der Waals surface area contributed by atoms with Crippen LogP contribution in [0.1, 0.15) is 5.56 Å². The quantitative estimate of drug-likeness (QED) is 0.424. The third kappa shape index (κ3) is 3.39. The van der Waals surface area contributed by atoms with Crippen LogP contribution in [0.25, 0.3) is 10.9 Å². The van der Waals surface area contributed by atoms with Crippen molar-refractivity contribution in [3.8, 4) is 0 Å². The largest absolute Gasteiger partial charge is 0.301 e. The van der Waals surface area contributed by atoms with Gasteiger partial charge in [0.15, 0.2) is 11.0 Å². The van der Waals surface area contributed by atoms with Crippen molar-refractivity contribution in [1.29, 1.82) is 0 Å². The number of carbonyl (C=O) groups excluding carboxylic acids is 2. The maximum atomic E-state index is 12.9. The Morgan fingerprint density at radius 2 is 1.93 bits per heavy atom. The zero-order valence-electron chi connectivity index (χ0n) is 15.0. The van der Waals surface area contributed by atoms with E-state index in [1.54, 1.807) is 24.4 Å². The topological polar surface area (TPSA) is 74.7 Å². The molecule has 1 aliphatic heterocycles. The molecule has 1 atom stereocenters. The fourth-order valence-electron chi connectivity index (χ4n) is 2.96. The highest BCUT2D eigenvalue weighted by Crippen LogP contribution is 2.23. The Hall–Kier alpha value is -3.45. The summed E-state index contributed by atoms with van der Waals surface area (Å²) in [4.78, 5) is 35.2. The number of carbonyl (C=O) groups is 2. The van der Waals surface area contributed by atoms with Gasteiger partial charge in [0.2, 0.25) is 5.91 Å². The summed E-state index contributed by atoms with van der Waals surface area (Å²) in [5.41, 5.74) is 3.16. The number of anilines is 1. The van der Waals surface area contributed by atoms with E-state index in [2.05, 4.69) is 15.3 Å². The van der Waals surface area contributed by atoms with Crippen molar-refractivity contribution in [3.63, 3.8) is 0 Å². The molecule has 1 saturated heterocycles. The standard InChI is InChI=1S/C21H16N4O2S/c1-13-4-7-16(8-5-13)25-20(27)17(19(26)24-21(25)28)12-23-15-6-9-18-14(11-15)3-2-10-22-18/h2-12,17H,1H3,(H,24,26,28)/t17-/m0/s1. The number of hydrogen-bond donors (Lipinski definition) is 1. The lowest BCUT2D eigenvalue weighted by Crippen LogP contribution is -2.58. The highest BCUT2D eigenvalue weighted by molar-refractivity contribution is 7.80. The summed E-state index contributed by atoms with van der Waals surface area (Å²) in [6.07, 6.45) is 3.08. The van der Waals surface area contributed by atoms with Crippen LogP contribution in [-0.4, -0.2) is 28.1 Å². The van der Waals surface area contributed by atoms with Gasteiger partial charge in [-0.15, -0.1) is 0 Å². The first-order valence-electron chi connectivity index (χ1n) is 8.67. The van der Waals surface area contributed by atoms with Gasteiger partial charge < -0.3 is 5.32 Å². The summed E-state index contributed by atoms with van der Waals surface area (Å²) in [6, 6.07) is 16.6. The number of hydrogen-bond acceptors (Lipinski definition) is 5. The minimum Gasteiger partial charge on any atom is -0.301 e. The molecule has 138 valence electrons. The molecule has 1 fully saturated rings. The molecule has 2 heterocycles. The van der Waals surface area contributed by atoms with Crippen LogP contribution in [0.3, 0.4) is 0 Å². The van der Waals surface area contributed by atoms with E-state index in [0.29, 0.717) is 11.4 Å². The predicted molar refractivity (Wildman–Crippen MR) is 113 cm³/mol. The van der Waals surface area contributed by atoms with E-state index in [0.717, 1.165) is 16.5 Å². The van der Waals surface area contributed by atoms with E-state index in [1.165, 1.54) is 11.1 Å². The lowest BCUT2D eigenvalue weighted by atomic mass is 10.1. The van der Waals surface area contributed by atoms with E-state index in [9.17, 15) is 9.59 Å². The molecule has 0 aliphatic carbocycles. The lowest BCUT2D eigenvalue weighted by molar-refractivity contribution is -0.130. The molecule has 3 aromatic rings. The Bertz CT molecular complexity index is 1120. The zero-order valence-corrected chi connectivity index (χ0v) is 15.8. The highest BCUT2D eigenvalue weighted by atomic mass is 32.1. The first kappa shape index (κ1) is 17.9. The van der Waals surface area contributed by atoms with Crippen LogP contribution >= 0.6 is 12.2 Å². The Morgan fingerprint density at radius 1 is 1.14 bits per heavy atom. The second-order valence-electron chi connectivity index (χ2n) is 6.44. The van der Waals surface area contributed by atoms with Crippen LogP contribution < -0.4 is 10.2 Å². The number of aryl methyl sites for hydroxylation is 1. The van der Waals surface area contributed by atoms with Gasteiger partial charge in [-0.3, -0.25) is 24.5 Å². The molecule has 0 unspecified atom stereocenters. The second-order valence-corrected chi connectivity index (χ2v) is 6.83. The molecule has 4 rings (SSSR count). The average Bonchev–Trinajstić information content (AvgIpc) is 2.69. The Labute approximate surface area is 166 Å². The van der Waals surface area contributed by atoms with E-state index in [1.807, 2.05) is 43.3 Å². The minimum atomic E-state index is -1.06. The molecule has 7 heteroatoms. The molecule has 1 aliphatic rings. The smallest absolute Gasteiger partial charge is 0.251 e. The molecule has 2 aromatic carbocycles. The minimum absolute atomic E-state index is 0.0697. The van der Waals surface area contributed by atoms with Gasteiger partial charge in [0.1, 0.15) is 0 Å². The molecule has 1 aromatic heterocycles. The molecule has 0 bridgehead atoms. The van der Waals surface area contributed by atoms with E-state index in [-0.39, 0.29) is 5.11 Å². The summed E-state index contributed by atoms with van der Waals surface area (Å²) >= 11 is 5.20. The van der Waals surface area contributed by atoms with Crippen molar-refractivity contribution in [2.45, 2.75) is 6.92 Å². The van der Waals surface area contributed by atoms with E-state index < -0.39 is 17.7 Å². The molecule has 0 radical (unpaired) electrons. The van der Waals surface area contributed by atoms with E-state index in [4.69, 9.17) is 12.2 Å². The third-order valence-corrected chi connectivity index (χ3v) is 4.74. The van der Waals surface area contributed by atoms with Gasteiger partial charge in [0.05, 0.1) is 16.9 Å². The maximum absolute atomic E-state index is 12.9. The van der Waals surface area contributed by atoms with Crippen molar-refractivity contribution < 1.29 is 9.59 Å². The molecule has 2 amide bonds. The molecule has 0 saturated carbocycles. The normalized spacial score (nSPS) is 17.4. The van der Waals surface area contributed by atoms with Crippen molar-refractivity contribution in [1.82, 2.24) is 10.3 Å². The van der Waals surface area contributed by atoms with Crippen LogP contribution in [0.4, 0.5) is 11.4 Å². The number of aliphatic imine (C=N–C) groups is 1. The number of nitrogens with one attached hydrogen (secondary N) is 1. The summed E-state index contributed by atoms with van der Waals surface area (Å²) in [5, 5.41) is 3.58. The molecule has 0 spiro atoms. The van der Waals surface area contributed by atoms with Crippen molar-refractivity contribution in [2.24, 2.45) is 10.9 Å². The monoisotopic (exact) mass is 388 g/mol. The second kappa shape index (κ2) is 7.28. The summed E-state index contributed by atoms with van der Waals surface area (Å²) in [6.45, 7) is 1.95. The fraction of sp³-hybridized carbons (Fsp3) is 0.0952. The first-order valence-corrected chi connectivity index (χ1v) is 9.08. The van der Waals surface area contributed by atoms with Gasteiger partial charge in [-0.2, -0.15) is 0 Å². The number of rotatable bonds is 3. The van der Waals surface area contributed by atoms with Gasteiger partial charge in [-0.25, -0.2) is 0 Å². The van der Waals surface area contributed by atoms with Crippen molar-refractivity contribution >= 4 is 57.6 Å². The summed E-state index contributed by atoms with van der Waals surface area (Å²) < 4.78 is 0. The number of pyridine rings is 1. The molecular formula is C21H16N4O2S. The number of fused-ring (bicyclic) bond motifs is 1. The van der Waals surface area contributed by atoms with Crippen LogP contribution in [0.2, 0.25) is 0 Å². The number of thiocarbonyl (C=S) groups is 1. The number of aromatic nitrogens is 1. The zero-order chi connectivity index (χ0) is 19.7. The van der Waals surface area contributed by atoms with Gasteiger partial charge in [0.25, 0.3) is 5.91 Å².